The normalized spacial score (nSPS) is 37.2. The van der Waals surface area contributed by atoms with Crippen molar-refractivity contribution in [2.75, 3.05) is 13.1 Å². The van der Waals surface area contributed by atoms with Crippen LogP contribution < -0.4 is 5.73 Å². The van der Waals surface area contributed by atoms with Crippen LogP contribution in [-0.2, 0) is 19.1 Å². The lowest BCUT2D eigenvalue weighted by Gasteiger charge is -2.62. The Kier molecular flexibility index (Phi) is 10.5. The molecular weight excluding hydrogens is 541 g/mol. The highest BCUT2D eigenvalue weighted by Crippen LogP contribution is 2.67. The number of nitrogens with zero attached hydrogens (tertiary/aromatic N) is 1. The maximum absolute atomic E-state index is 12.9. The number of piperidine rings is 1. The van der Waals surface area contributed by atoms with E-state index in [0.29, 0.717) is 36.5 Å². The molecule has 11 heteroatoms. The molecular formula is C30H49F3N2O6. The topological polar surface area (TPSA) is 130 Å². The van der Waals surface area contributed by atoms with Gasteiger partial charge in [0.1, 0.15) is 0 Å². The summed E-state index contributed by atoms with van der Waals surface area (Å²) in [5.74, 6) is 0.465. The van der Waals surface area contributed by atoms with Crippen molar-refractivity contribution in [3.63, 3.8) is 0 Å². The van der Waals surface area contributed by atoms with Gasteiger partial charge in [-0.15, -0.1) is 13.2 Å². The smallest absolute Gasteiger partial charge is 0.481 e. The summed E-state index contributed by atoms with van der Waals surface area (Å²) in [5.41, 5.74) is 6.59. The fraction of sp³-hybridized carbons (Fsp3) is 0.900. The molecule has 1 aliphatic heterocycles. The second-order valence-corrected chi connectivity index (χ2v) is 13.7. The number of rotatable bonds is 6. The highest BCUT2D eigenvalue weighted by molar-refractivity contribution is 5.82. The number of halogens is 3. The van der Waals surface area contributed by atoms with Gasteiger partial charge in [0.05, 0.1) is 12.1 Å². The quantitative estimate of drug-likeness (QED) is 0.372. The third-order valence-corrected chi connectivity index (χ3v) is 11.2. The summed E-state index contributed by atoms with van der Waals surface area (Å²) in [7, 11) is 0. The van der Waals surface area contributed by atoms with Crippen LogP contribution in [-0.4, -0.2) is 64.6 Å². The van der Waals surface area contributed by atoms with E-state index in [4.69, 9.17) is 10.8 Å². The number of carbonyl (C=O) groups excluding carboxylic acids is 2. The molecule has 3 aliphatic carbocycles. The third-order valence-electron chi connectivity index (χ3n) is 11.2. The number of carbonyl (C=O) groups is 3. The van der Waals surface area contributed by atoms with E-state index in [1.54, 1.807) is 0 Å². The molecule has 0 radical (unpaired) electrons. The van der Waals surface area contributed by atoms with E-state index in [1.165, 1.54) is 19.3 Å². The molecule has 0 aromatic rings. The molecule has 4 aliphatic rings. The monoisotopic (exact) mass is 590 g/mol. The molecule has 3 saturated carbocycles. The van der Waals surface area contributed by atoms with Crippen molar-refractivity contribution in [2.24, 2.45) is 52.1 Å². The summed E-state index contributed by atoms with van der Waals surface area (Å²) in [4.78, 5) is 35.4. The zero-order chi connectivity index (χ0) is 30.9. The van der Waals surface area contributed by atoms with E-state index in [9.17, 15) is 32.7 Å². The summed E-state index contributed by atoms with van der Waals surface area (Å²) in [6.07, 6.45) is 3.37. The van der Waals surface area contributed by atoms with Gasteiger partial charge >= 0.3 is 18.3 Å². The van der Waals surface area contributed by atoms with E-state index in [0.717, 1.165) is 45.2 Å². The zero-order valence-corrected chi connectivity index (χ0v) is 25.1. The molecule has 1 amide bonds. The molecule has 0 aromatic carbocycles. The van der Waals surface area contributed by atoms with Crippen LogP contribution in [0.5, 0.6) is 0 Å². The number of carboxylic acids is 1. The SMILES string of the molecule is CC(=O)OC(F)(F)F.CC(C)C(N)C(=O)N1CCC2(C)C(CC(O)C3C4CCC(CCCC(=O)O)C4(C)CCC32)C1. The first-order chi connectivity index (χ1) is 18.9. The summed E-state index contributed by atoms with van der Waals surface area (Å²) in [6.45, 7) is 11.1. The van der Waals surface area contributed by atoms with E-state index in [2.05, 4.69) is 18.6 Å². The predicted molar refractivity (Wildman–Crippen MR) is 146 cm³/mol. The number of hydrogen-bond donors (Lipinski definition) is 3. The van der Waals surface area contributed by atoms with Crippen molar-refractivity contribution in [3.05, 3.63) is 0 Å². The van der Waals surface area contributed by atoms with E-state index >= 15 is 0 Å². The standard InChI is InChI=1S/C27H46N2O4.C3H3F3O2/c1-16(2)24(28)25(33)29-13-12-27(4)18(15-29)14-21(30)23-19-9-8-17(6-5-7-22(31)32)26(19,3)11-10-20(23)27;1-2(7)8-3(4,5)6/h16-21,23-24,30H,5-15,28H2,1-4H3,(H,31,32);1H3. The van der Waals surface area contributed by atoms with Crippen molar-refractivity contribution in [2.45, 2.75) is 111 Å². The number of esters is 1. The summed E-state index contributed by atoms with van der Waals surface area (Å²) >= 11 is 0. The number of amides is 1. The molecule has 8 nitrogen and oxygen atoms in total. The second-order valence-electron chi connectivity index (χ2n) is 13.7. The third kappa shape index (κ3) is 7.37. The molecule has 236 valence electrons. The molecule has 41 heavy (non-hydrogen) atoms. The predicted octanol–water partition coefficient (Wildman–Crippen LogP) is 4.97. The molecule has 0 aromatic heterocycles. The van der Waals surface area contributed by atoms with E-state index in [1.807, 2.05) is 18.7 Å². The fourth-order valence-electron chi connectivity index (χ4n) is 8.87. The van der Waals surface area contributed by atoms with Gasteiger partial charge in [-0.1, -0.05) is 27.7 Å². The Morgan fingerprint density at radius 1 is 1.07 bits per heavy atom. The van der Waals surface area contributed by atoms with Crippen molar-refractivity contribution < 1.29 is 42.5 Å². The van der Waals surface area contributed by atoms with Crippen LogP contribution in [0.3, 0.4) is 0 Å². The van der Waals surface area contributed by atoms with Crippen LogP contribution in [0.15, 0.2) is 0 Å². The van der Waals surface area contributed by atoms with Gasteiger partial charge in [-0.25, -0.2) is 0 Å². The summed E-state index contributed by atoms with van der Waals surface area (Å²) in [5, 5.41) is 20.5. The lowest BCUT2D eigenvalue weighted by molar-refractivity contribution is -0.304. The van der Waals surface area contributed by atoms with E-state index < -0.39 is 24.3 Å². The minimum absolute atomic E-state index is 0.0693. The van der Waals surface area contributed by atoms with Gasteiger partial charge in [0.25, 0.3) is 0 Å². The molecule has 1 saturated heterocycles. The maximum atomic E-state index is 12.9. The van der Waals surface area contributed by atoms with E-state index in [-0.39, 0.29) is 35.2 Å². The largest absolute Gasteiger partial charge is 0.575 e. The molecule has 0 bridgehead atoms. The van der Waals surface area contributed by atoms with Gasteiger partial charge in [-0.3, -0.25) is 14.4 Å². The lowest BCUT2D eigenvalue weighted by Crippen LogP contribution is -2.62. The molecule has 9 unspecified atom stereocenters. The average Bonchev–Trinajstić information content (AvgIpc) is 3.18. The Morgan fingerprint density at radius 2 is 1.71 bits per heavy atom. The van der Waals surface area contributed by atoms with Crippen molar-refractivity contribution in [3.8, 4) is 0 Å². The second kappa shape index (κ2) is 12.8. The van der Waals surface area contributed by atoms with Gasteiger partial charge in [-0.2, -0.15) is 0 Å². The van der Waals surface area contributed by atoms with Gasteiger partial charge in [-0.05, 0) is 97.7 Å². The van der Waals surface area contributed by atoms with Crippen LogP contribution in [0, 0.1) is 46.3 Å². The number of fused-ring (bicyclic) bond motifs is 5. The molecule has 0 spiro atoms. The number of aliphatic carboxylic acids is 1. The molecule has 1 heterocycles. The lowest BCUT2D eigenvalue weighted by atomic mass is 9.45. The number of ether oxygens (including phenoxy) is 1. The number of aliphatic hydroxyl groups is 1. The number of nitrogens with two attached hydrogens (primary N) is 1. The number of carboxylic acid groups (broad SMARTS) is 1. The number of aliphatic hydroxyl groups excluding tert-OH is 1. The van der Waals surface area contributed by atoms with Gasteiger partial charge in [0, 0.05) is 26.4 Å². The number of alkyl halides is 3. The molecule has 4 N–H and O–H groups in total. The Balaban J connectivity index is 0.000000507. The Bertz CT molecular complexity index is 961. The van der Waals surface area contributed by atoms with Gasteiger partial charge in [0.15, 0.2) is 0 Å². The minimum Gasteiger partial charge on any atom is -0.481 e. The van der Waals surface area contributed by atoms with Crippen LogP contribution in [0.25, 0.3) is 0 Å². The minimum atomic E-state index is -4.83. The highest BCUT2D eigenvalue weighted by atomic mass is 19.4. The maximum Gasteiger partial charge on any atom is 0.575 e. The van der Waals surface area contributed by atoms with Crippen LogP contribution in [0.2, 0.25) is 0 Å². The van der Waals surface area contributed by atoms with Crippen LogP contribution in [0.4, 0.5) is 13.2 Å². The first-order valence-electron chi connectivity index (χ1n) is 15.1. The van der Waals surface area contributed by atoms with Crippen molar-refractivity contribution in [1.29, 1.82) is 0 Å². The van der Waals surface area contributed by atoms with Crippen LogP contribution in [0.1, 0.15) is 92.4 Å². The van der Waals surface area contributed by atoms with Gasteiger partial charge < -0.3 is 25.6 Å². The summed E-state index contributed by atoms with van der Waals surface area (Å²) < 4.78 is 35.4. The van der Waals surface area contributed by atoms with Crippen LogP contribution >= 0.6 is 0 Å². The molecule has 9 atom stereocenters. The fourth-order valence-corrected chi connectivity index (χ4v) is 8.87. The summed E-state index contributed by atoms with van der Waals surface area (Å²) in [6, 6.07) is -0.442. The van der Waals surface area contributed by atoms with Gasteiger partial charge in [0.2, 0.25) is 5.91 Å². The highest BCUT2D eigenvalue weighted by Gasteiger charge is 2.62. The first-order valence-corrected chi connectivity index (χ1v) is 15.1. The van der Waals surface area contributed by atoms with Crippen molar-refractivity contribution in [1.82, 2.24) is 4.90 Å². The number of likely N-dealkylation sites (tertiary alicyclic amines) is 1. The average molecular weight is 591 g/mol. The Morgan fingerprint density at radius 3 is 2.24 bits per heavy atom. The Labute approximate surface area is 241 Å². The van der Waals surface area contributed by atoms with Crippen molar-refractivity contribution >= 4 is 17.8 Å². The Hall–Kier alpha value is -1.88. The molecule has 4 rings (SSSR count). The molecule has 4 fully saturated rings. The number of hydrogen-bond acceptors (Lipinski definition) is 6. The zero-order valence-electron chi connectivity index (χ0n) is 25.1. The first kappa shape index (κ1) is 33.6.